The molecule has 1 aromatic carbocycles. The molecule has 170 valence electrons. The minimum Gasteiger partial charge on any atom is -0.378 e. The van der Waals surface area contributed by atoms with Crippen LogP contribution in [0.4, 0.5) is 5.69 Å². The number of hydrogen-bond acceptors (Lipinski definition) is 4. The summed E-state index contributed by atoms with van der Waals surface area (Å²) in [4.78, 5) is 0. The average molecular weight is 438 g/mol. The number of para-hydroxylation sites is 1. The van der Waals surface area contributed by atoms with Crippen molar-refractivity contribution in [2.75, 3.05) is 37.5 Å². The number of ether oxygens (including phenoxy) is 1. The fourth-order valence-electron chi connectivity index (χ4n) is 4.44. The number of piperidine rings is 1. The van der Waals surface area contributed by atoms with Gasteiger partial charge in [0.05, 0.1) is 6.10 Å². The van der Waals surface area contributed by atoms with E-state index in [4.69, 9.17) is 4.74 Å². The SMILES string of the molecule is O=S(=O)(Nc1ccccc1)N1CCC(OCCCCCCC2CCCCNC2)CC1. The van der Waals surface area contributed by atoms with Gasteiger partial charge >= 0.3 is 10.2 Å². The maximum atomic E-state index is 12.5. The summed E-state index contributed by atoms with van der Waals surface area (Å²) in [7, 11) is -3.48. The molecule has 2 heterocycles. The lowest BCUT2D eigenvalue weighted by Gasteiger charge is -2.31. The number of nitrogens with zero attached hydrogens (tertiary/aromatic N) is 1. The highest BCUT2D eigenvalue weighted by Crippen LogP contribution is 2.20. The van der Waals surface area contributed by atoms with Crippen LogP contribution in [0.25, 0.3) is 0 Å². The number of unbranched alkanes of at least 4 members (excludes halogenated alkanes) is 3. The van der Waals surface area contributed by atoms with E-state index in [1.165, 1.54) is 62.3 Å². The zero-order chi connectivity index (χ0) is 21.1. The molecule has 1 aromatic rings. The zero-order valence-corrected chi connectivity index (χ0v) is 19.0. The van der Waals surface area contributed by atoms with Crippen LogP contribution >= 0.6 is 0 Å². The van der Waals surface area contributed by atoms with Gasteiger partial charge in [0.2, 0.25) is 0 Å². The summed E-state index contributed by atoms with van der Waals surface area (Å²) < 4.78 is 35.3. The lowest BCUT2D eigenvalue weighted by molar-refractivity contribution is 0.0193. The van der Waals surface area contributed by atoms with Gasteiger partial charge in [-0.25, -0.2) is 0 Å². The highest BCUT2D eigenvalue weighted by Gasteiger charge is 2.28. The average Bonchev–Trinajstić information content (AvgIpc) is 3.03. The van der Waals surface area contributed by atoms with Gasteiger partial charge in [0.1, 0.15) is 0 Å². The molecule has 3 rings (SSSR count). The molecule has 2 fully saturated rings. The smallest absolute Gasteiger partial charge is 0.301 e. The van der Waals surface area contributed by atoms with Gasteiger partial charge in [-0.05, 0) is 69.7 Å². The first-order valence-corrected chi connectivity index (χ1v) is 13.2. The molecule has 6 nitrogen and oxygen atoms in total. The third kappa shape index (κ3) is 8.17. The fourth-order valence-corrected chi connectivity index (χ4v) is 5.69. The first kappa shape index (κ1) is 23.5. The van der Waals surface area contributed by atoms with E-state index in [-0.39, 0.29) is 6.10 Å². The van der Waals surface area contributed by atoms with Crippen LogP contribution in [0.2, 0.25) is 0 Å². The molecule has 30 heavy (non-hydrogen) atoms. The van der Waals surface area contributed by atoms with Crippen molar-refractivity contribution in [3.8, 4) is 0 Å². The van der Waals surface area contributed by atoms with Crippen LogP contribution in [0.5, 0.6) is 0 Å². The Morgan fingerprint density at radius 2 is 1.77 bits per heavy atom. The lowest BCUT2D eigenvalue weighted by Crippen LogP contribution is -2.43. The van der Waals surface area contributed by atoms with Crippen LogP contribution in [-0.4, -0.2) is 51.6 Å². The van der Waals surface area contributed by atoms with Gasteiger partial charge in [0.25, 0.3) is 0 Å². The number of benzene rings is 1. The van der Waals surface area contributed by atoms with E-state index in [9.17, 15) is 8.42 Å². The third-order valence-corrected chi connectivity index (χ3v) is 7.81. The van der Waals surface area contributed by atoms with E-state index in [1.54, 1.807) is 12.1 Å². The molecular weight excluding hydrogens is 398 g/mol. The van der Waals surface area contributed by atoms with Gasteiger partial charge in [0, 0.05) is 25.4 Å². The van der Waals surface area contributed by atoms with Crippen LogP contribution in [0, 0.1) is 5.92 Å². The molecule has 0 aromatic heterocycles. The van der Waals surface area contributed by atoms with Crippen molar-refractivity contribution in [1.29, 1.82) is 0 Å². The molecular formula is C23H39N3O3S. The second-order valence-electron chi connectivity index (χ2n) is 8.71. The molecule has 1 unspecified atom stereocenters. The largest absolute Gasteiger partial charge is 0.378 e. The molecule has 2 aliphatic heterocycles. The Morgan fingerprint density at radius 3 is 2.57 bits per heavy atom. The van der Waals surface area contributed by atoms with Crippen molar-refractivity contribution in [1.82, 2.24) is 9.62 Å². The first-order valence-electron chi connectivity index (χ1n) is 11.8. The Balaban J connectivity index is 1.23. The minimum atomic E-state index is -3.48. The highest BCUT2D eigenvalue weighted by atomic mass is 32.2. The number of anilines is 1. The van der Waals surface area contributed by atoms with Gasteiger partial charge in [0.15, 0.2) is 0 Å². The van der Waals surface area contributed by atoms with E-state index >= 15 is 0 Å². The second kappa shape index (κ2) is 12.6. The maximum absolute atomic E-state index is 12.5. The minimum absolute atomic E-state index is 0.185. The first-order chi connectivity index (χ1) is 14.6. The monoisotopic (exact) mass is 437 g/mol. The summed E-state index contributed by atoms with van der Waals surface area (Å²) in [6, 6.07) is 9.05. The molecule has 0 radical (unpaired) electrons. The highest BCUT2D eigenvalue weighted by molar-refractivity contribution is 7.90. The van der Waals surface area contributed by atoms with Gasteiger partial charge in [-0.15, -0.1) is 0 Å². The lowest BCUT2D eigenvalue weighted by atomic mass is 9.96. The van der Waals surface area contributed by atoms with Crippen LogP contribution in [-0.2, 0) is 14.9 Å². The summed E-state index contributed by atoms with van der Waals surface area (Å²) in [5.41, 5.74) is 0.603. The molecule has 0 spiro atoms. The Kier molecular flexibility index (Phi) is 9.91. The Labute approximate surface area is 182 Å². The van der Waals surface area contributed by atoms with Crippen molar-refractivity contribution >= 4 is 15.9 Å². The predicted octanol–water partition coefficient (Wildman–Crippen LogP) is 4.16. The summed E-state index contributed by atoms with van der Waals surface area (Å²) >= 11 is 0. The van der Waals surface area contributed by atoms with Gasteiger partial charge < -0.3 is 10.1 Å². The van der Waals surface area contributed by atoms with Crippen molar-refractivity contribution in [3.05, 3.63) is 30.3 Å². The Hall–Kier alpha value is -1.15. The number of nitrogens with one attached hydrogen (secondary N) is 2. The Bertz CT molecular complexity index is 683. The number of rotatable bonds is 11. The van der Waals surface area contributed by atoms with Crippen LogP contribution in [0.1, 0.15) is 64.2 Å². The van der Waals surface area contributed by atoms with Crippen molar-refractivity contribution < 1.29 is 13.2 Å². The topological polar surface area (TPSA) is 70.7 Å². The molecule has 0 bridgehead atoms. The summed E-state index contributed by atoms with van der Waals surface area (Å²) in [6.45, 7) is 4.23. The quantitative estimate of drug-likeness (QED) is 0.510. The van der Waals surface area contributed by atoms with E-state index < -0.39 is 10.2 Å². The van der Waals surface area contributed by atoms with Crippen molar-refractivity contribution in [2.45, 2.75) is 70.3 Å². The fraction of sp³-hybridized carbons (Fsp3) is 0.739. The predicted molar refractivity (Wildman–Crippen MR) is 123 cm³/mol. The Morgan fingerprint density at radius 1 is 1.00 bits per heavy atom. The normalized spacial score (nSPS) is 21.9. The molecule has 2 saturated heterocycles. The van der Waals surface area contributed by atoms with E-state index in [0.717, 1.165) is 31.8 Å². The van der Waals surface area contributed by atoms with Crippen LogP contribution in [0.15, 0.2) is 30.3 Å². The van der Waals surface area contributed by atoms with Crippen molar-refractivity contribution in [3.63, 3.8) is 0 Å². The maximum Gasteiger partial charge on any atom is 0.301 e. The van der Waals surface area contributed by atoms with E-state index in [1.807, 2.05) is 18.2 Å². The summed E-state index contributed by atoms with van der Waals surface area (Å²) in [5.74, 6) is 0.876. The van der Waals surface area contributed by atoms with Crippen molar-refractivity contribution in [2.24, 2.45) is 5.92 Å². The molecule has 0 aliphatic carbocycles. The third-order valence-electron chi connectivity index (χ3n) is 6.27. The number of hydrogen-bond donors (Lipinski definition) is 2. The standard InChI is InChI=1S/C23H39N3O3S/c27-30(28,25-22-12-5-3-6-13-22)26-17-14-23(15-18-26)29-19-9-2-1-4-10-21-11-7-8-16-24-20-21/h3,5-6,12-13,21,23-25H,1-2,4,7-11,14-20H2. The summed E-state index contributed by atoms with van der Waals surface area (Å²) in [6.07, 6.45) is 12.2. The van der Waals surface area contributed by atoms with E-state index in [0.29, 0.717) is 18.8 Å². The summed E-state index contributed by atoms with van der Waals surface area (Å²) in [5, 5.41) is 3.55. The van der Waals surface area contributed by atoms with Gasteiger partial charge in [-0.3, -0.25) is 4.72 Å². The molecule has 2 aliphatic rings. The molecule has 0 amide bonds. The molecule has 1 atom stereocenters. The van der Waals surface area contributed by atoms with Crippen LogP contribution in [0.3, 0.4) is 0 Å². The zero-order valence-electron chi connectivity index (χ0n) is 18.2. The van der Waals surface area contributed by atoms with E-state index in [2.05, 4.69) is 10.0 Å². The van der Waals surface area contributed by atoms with Gasteiger partial charge in [-0.1, -0.05) is 43.9 Å². The molecule has 0 saturated carbocycles. The van der Waals surface area contributed by atoms with Crippen LogP contribution < -0.4 is 10.0 Å². The molecule has 2 N–H and O–H groups in total. The second-order valence-corrected chi connectivity index (χ2v) is 10.4. The van der Waals surface area contributed by atoms with Gasteiger partial charge in [-0.2, -0.15) is 12.7 Å². The molecule has 7 heteroatoms.